The Morgan fingerprint density at radius 1 is 1.11 bits per heavy atom. The van der Waals surface area contributed by atoms with Gasteiger partial charge in [-0.1, -0.05) is 17.7 Å². The molecule has 7 nitrogen and oxygen atoms in total. The van der Waals surface area contributed by atoms with E-state index in [-0.39, 0.29) is 35.5 Å². The van der Waals surface area contributed by atoms with Gasteiger partial charge >= 0.3 is 5.97 Å². The summed E-state index contributed by atoms with van der Waals surface area (Å²) < 4.78 is 22.1. The molecule has 3 aromatic rings. The van der Waals surface area contributed by atoms with Crippen LogP contribution >= 0.6 is 11.6 Å². The Balaban J connectivity index is 2.18. The lowest BCUT2D eigenvalue weighted by Crippen LogP contribution is -2.07. The molecule has 0 aliphatic rings. The first-order valence-electron chi connectivity index (χ1n) is 8.28. The highest BCUT2D eigenvalue weighted by atomic mass is 35.5. The van der Waals surface area contributed by atoms with Gasteiger partial charge < -0.3 is 23.7 Å². The molecule has 0 spiro atoms. The minimum absolute atomic E-state index is 0.0730. The zero-order chi connectivity index (χ0) is 20.3. The van der Waals surface area contributed by atoms with Gasteiger partial charge in [0.05, 0.1) is 43.2 Å². The SMILES string of the molecule is COc1cc(OCCC(=O)O)c(-c2cc(=O)c3cccc(Cl)c3o2)cc1OC. The first-order valence-corrected chi connectivity index (χ1v) is 8.65. The van der Waals surface area contributed by atoms with E-state index in [9.17, 15) is 9.59 Å². The molecule has 0 aliphatic carbocycles. The van der Waals surface area contributed by atoms with Crippen LogP contribution in [0.25, 0.3) is 22.3 Å². The number of fused-ring (bicyclic) bond motifs is 1. The number of methoxy groups -OCH3 is 2. The molecule has 8 heteroatoms. The van der Waals surface area contributed by atoms with Crippen LogP contribution < -0.4 is 19.6 Å². The van der Waals surface area contributed by atoms with E-state index in [2.05, 4.69) is 0 Å². The molecule has 1 aromatic heterocycles. The summed E-state index contributed by atoms with van der Waals surface area (Å²) in [4.78, 5) is 23.3. The van der Waals surface area contributed by atoms with Crippen LogP contribution in [-0.4, -0.2) is 31.9 Å². The summed E-state index contributed by atoms with van der Waals surface area (Å²) in [5.41, 5.74) is 0.380. The van der Waals surface area contributed by atoms with Crippen LogP contribution in [0, 0.1) is 0 Å². The maximum atomic E-state index is 12.5. The van der Waals surface area contributed by atoms with Crippen molar-refractivity contribution in [3.63, 3.8) is 0 Å². The fourth-order valence-corrected chi connectivity index (χ4v) is 2.91. The number of para-hydroxylation sites is 1. The van der Waals surface area contributed by atoms with Crippen molar-refractivity contribution in [3.8, 4) is 28.6 Å². The van der Waals surface area contributed by atoms with Crippen LogP contribution in [0.1, 0.15) is 6.42 Å². The molecule has 0 radical (unpaired) electrons. The van der Waals surface area contributed by atoms with Crippen molar-refractivity contribution in [2.75, 3.05) is 20.8 Å². The minimum atomic E-state index is -0.994. The van der Waals surface area contributed by atoms with Gasteiger partial charge in [0.15, 0.2) is 22.5 Å². The Morgan fingerprint density at radius 3 is 2.50 bits per heavy atom. The van der Waals surface area contributed by atoms with Gasteiger partial charge in [0.2, 0.25) is 0 Å². The third-order valence-corrected chi connectivity index (χ3v) is 4.33. The largest absolute Gasteiger partial charge is 0.493 e. The molecule has 0 aliphatic heterocycles. The highest BCUT2D eigenvalue weighted by Gasteiger charge is 2.18. The lowest BCUT2D eigenvalue weighted by molar-refractivity contribution is -0.137. The number of carbonyl (C=O) groups is 1. The van der Waals surface area contributed by atoms with Crippen molar-refractivity contribution < 1.29 is 28.5 Å². The van der Waals surface area contributed by atoms with Gasteiger partial charge in [-0.3, -0.25) is 9.59 Å². The molecule has 0 unspecified atom stereocenters. The number of hydrogen-bond acceptors (Lipinski definition) is 6. The number of benzene rings is 2. The highest BCUT2D eigenvalue weighted by Crippen LogP contribution is 2.41. The highest BCUT2D eigenvalue weighted by molar-refractivity contribution is 6.34. The van der Waals surface area contributed by atoms with Crippen LogP contribution in [0.2, 0.25) is 5.02 Å². The van der Waals surface area contributed by atoms with E-state index < -0.39 is 5.97 Å². The van der Waals surface area contributed by atoms with Crippen molar-refractivity contribution in [2.24, 2.45) is 0 Å². The summed E-state index contributed by atoms with van der Waals surface area (Å²) in [7, 11) is 2.94. The second-order valence-electron chi connectivity index (χ2n) is 5.79. The number of halogens is 1. The smallest absolute Gasteiger partial charge is 0.306 e. The number of aliphatic carboxylic acids is 1. The molecule has 28 heavy (non-hydrogen) atoms. The molecule has 1 N–H and O–H groups in total. The second-order valence-corrected chi connectivity index (χ2v) is 6.19. The summed E-state index contributed by atoms with van der Waals surface area (Å²) >= 11 is 6.18. The van der Waals surface area contributed by atoms with E-state index in [4.69, 9.17) is 35.3 Å². The molecular weight excluding hydrogens is 388 g/mol. The molecule has 0 saturated heterocycles. The van der Waals surface area contributed by atoms with Crippen LogP contribution in [0.15, 0.2) is 45.6 Å². The summed E-state index contributed by atoms with van der Waals surface area (Å²) in [6, 6.07) is 9.37. The summed E-state index contributed by atoms with van der Waals surface area (Å²) in [6.07, 6.45) is -0.193. The summed E-state index contributed by atoms with van der Waals surface area (Å²) in [5.74, 6) is 0.277. The Kier molecular flexibility index (Phi) is 5.75. The van der Waals surface area contributed by atoms with E-state index >= 15 is 0 Å². The summed E-state index contributed by atoms with van der Waals surface area (Å²) in [5, 5.41) is 9.50. The third-order valence-electron chi connectivity index (χ3n) is 4.03. The molecule has 1 heterocycles. The van der Waals surface area contributed by atoms with E-state index in [0.29, 0.717) is 27.5 Å². The van der Waals surface area contributed by atoms with Gasteiger partial charge in [-0.2, -0.15) is 0 Å². The van der Waals surface area contributed by atoms with Gasteiger partial charge in [-0.05, 0) is 18.2 Å². The predicted molar refractivity (Wildman–Crippen MR) is 104 cm³/mol. The van der Waals surface area contributed by atoms with E-state index in [1.807, 2.05) is 0 Å². The zero-order valence-corrected chi connectivity index (χ0v) is 15.9. The van der Waals surface area contributed by atoms with Gasteiger partial charge in [0.1, 0.15) is 11.5 Å². The van der Waals surface area contributed by atoms with Crippen LogP contribution in [0.5, 0.6) is 17.2 Å². The molecule has 0 saturated carbocycles. The number of carboxylic acid groups (broad SMARTS) is 1. The molecule has 0 amide bonds. The first-order chi connectivity index (χ1) is 13.4. The second kappa shape index (κ2) is 8.22. The zero-order valence-electron chi connectivity index (χ0n) is 15.2. The quantitative estimate of drug-likeness (QED) is 0.636. The number of rotatable bonds is 7. The average Bonchev–Trinajstić information content (AvgIpc) is 2.68. The molecular formula is C20H17ClO7. The molecule has 2 aromatic carbocycles. The topological polar surface area (TPSA) is 95.2 Å². The fraction of sp³-hybridized carbons (Fsp3) is 0.200. The van der Waals surface area contributed by atoms with Gasteiger partial charge in [-0.25, -0.2) is 0 Å². The van der Waals surface area contributed by atoms with Crippen LogP contribution in [0.3, 0.4) is 0 Å². The Morgan fingerprint density at radius 2 is 1.82 bits per heavy atom. The molecule has 0 fully saturated rings. The van der Waals surface area contributed by atoms with Gasteiger partial charge in [0, 0.05) is 12.1 Å². The van der Waals surface area contributed by atoms with E-state index in [0.717, 1.165) is 0 Å². The van der Waals surface area contributed by atoms with E-state index in [1.165, 1.54) is 20.3 Å². The number of ether oxygens (including phenoxy) is 3. The Hall–Kier alpha value is -3.19. The monoisotopic (exact) mass is 404 g/mol. The lowest BCUT2D eigenvalue weighted by atomic mass is 10.1. The molecule has 0 atom stereocenters. The van der Waals surface area contributed by atoms with E-state index in [1.54, 1.807) is 30.3 Å². The van der Waals surface area contributed by atoms with Gasteiger partial charge in [-0.15, -0.1) is 0 Å². The predicted octanol–water partition coefficient (Wildman–Crippen LogP) is 3.98. The number of carboxylic acids is 1. The summed E-state index contributed by atoms with van der Waals surface area (Å²) in [6.45, 7) is -0.0730. The minimum Gasteiger partial charge on any atom is -0.493 e. The van der Waals surface area contributed by atoms with Crippen molar-refractivity contribution in [1.82, 2.24) is 0 Å². The normalized spacial score (nSPS) is 10.7. The molecule has 0 bridgehead atoms. The van der Waals surface area contributed by atoms with Crippen molar-refractivity contribution >= 4 is 28.5 Å². The third kappa shape index (κ3) is 3.89. The fourth-order valence-electron chi connectivity index (χ4n) is 2.70. The molecule has 146 valence electrons. The maximum Gasteiger partial charge on any atom is 0.306 e. The standard InChI is InChI=1S/C20H17ClO7/c1-25-17-8-12(15(10-18(17)26-2)27-7-6-19(23)24)16-9-14(22)11-4-3-5-13(21)20(11)28-16/h3-5,8-10H,6-7H2,1-2H3,(H,23,24). The van der Waals surface area contributed by atoms with Crippen molar-refractivity contribution in [1.29, 1.82) is 0 Å². The Labute approximate surface area is 165 Å². The lowest BCUT2D eigenvalue weighted by Gasteiger charge is -2.15. The number of hydrogen-bond donors (Lipinski definition) is 1. The molecule has 3 rings (SSSR count). The van der Waals surface area contributed by atoms with Crippen LogP contribution in [0.4, 0.5) is 0 Å². The average molecular weight is 405 g/mol. The van der Waals surface area contributed by atoms with Crippen molar-refractivity contribution in [2.45, 2.75) is 6.42 Å². The van der Waals surface area contributed by atoms with Crippen LogP contribution in [-0.2, 0) is 4.79 Å². The first kappa shape index (κ1) is 19.6. The Bertz CT molecular complexity index is 1090. The van der Waals surface area contributed by atoms with Crippen molar-refractivity contribution in [3.05, 3.63) is 51.6 Å². The van der Waals surface area contributed by atoms with Gasteiger partial charge in [0.25, 0.3) is 0 Å². The maximum absolute atomic E-state index is 12.5.